The van der Waals surface area contributed by atoms with Crippen molar-refractivity contribution in [1.29, 1.82) is 0 Å². The third-order valence-electron chi connectivity index (χ3n) is 0.537. The van der Waals surface area contributed by atoms with E-state index in [0.717, 1.165) is 0 Å². The normalized spacial score (nSPS) is 10.9. The lowest BCUT2D eigenvalue weighted by atomic mass is 10.4. The van der Waals surface area contributed by atoms with E-state index in [0.29, 0.717) is 0 Å². The SMILES string of the molecule is O=C(O)C(F)(Br)C(=O)O. The number of halogens is 2. The number of carboxylic acid groups (broad SMARTS) is 2. The predicted molar refractivity (Wildman–Crippen MR) is 28.0 cm³/mol. The number of carboxylic acids is 2. The Hall–Kier alpha value is -0.650. The maximum absolute atomic E-state index is 12.1. The first-order chi connectivity index (χ1) is 3.89. The standard InChI is InChI=1S/C3H2BrFO4/c4-3(5,1(6)7)2(8)9/h(H,6,7)(H,8,9). The van der Waals surface area contributed by atoms with E-state index in [9.17, 15) is 14.0 Å². The molecule has 0 radical (unpaired) electrons. The van der Waals surface area contributed by atoms with E-state index in [2.05, 4.69) is 0 Å². The molecule has 9 heavy (non-hydrogen) atoms. The lowest BCUT2D eigenvalue weighted by Crippen LogP contribution is -2.35. The van der Waals surface area contributed by atoms with Gasteiger partial charge >= 0.3 is 16.5 Å². The molecule has 0 aliphatic carbocycles. The minimum atomic E-state index is -3.35. The van der Waals surface area contributed by atoms with Crippen LogP contribution in [0, 0.1) is 0 Å². The lowest BCUT2D eigenvalue weighted by molar-refractivity contribution is -0.158. The second-order valence-electron chi connectivity index (χ2n) is 1.18. The number of hydrogen-bond donors (Lipinski definition) is 2. The van der Waals surface area contributed by atoms with Crippen LogP contribution in [0.3, 0.4) is 0 Å². The first-order valence-corrected chi connectivity index (χ1v) is 2.53. The van der Waals surface area contributed by atoms with Gasteiger partial charge in [-0.05, 0) is 15.9 Å². The van der Waals surface area contributed by atoms with Crippen molar-refractivity contribution >= 4 is 27.9 Å². The van der Waals surface area contributed by atoms with Crippen molar-refractivity contribution in [2.75, 3.05) is 0 Å². The maximum Gasteiger partial charge on any atom is 0.364 e. The Balaban J connectivity index is 4.38. The second kappa shape index (κ2) is 2.30. The molecule has 2 N–H and O–H groups in total. The van der Waals surface area contributed by atoms with Crippen LogP contribution in [-0.4, -0.2) is 26.7 Å². The molecule has 0 fully saturated rings. The summed E-state index contributed by atoms with van der Waals surface area (Å²) in [5.41, 5.74) is 0. The highest BCUT2D eigenvalue weighted by Gasteiger charge is 2.44. The van der Waals surface area contributed by atoms with E-state index in [1.165, 1.54) is 0 Å². The summed E-state index contributed by atoms with van der Waals surface area (Å²) in [7, 11) is 0. The van der Waals surface area contributed by atoms with Gasteiger partial charge in [-0.1, -0.05) is 0 Å². The molecule has 4 nitrogen and oxygen atoms in total. The summed E-state index contributed by atoms with van der Waals surface area (Å²) in [6.07, 6.45) is 0. The van der Waals surface area contributed by atoms with Crippen molar-refractivity contribution in [2.24, 2.45) is 0 Å². The van der Waals surface area contributed by atoms with Crippen LogP contribution >= 0.6 is 15.9 Å². The summed E-state index contributed by atoms with van der Waals surface area (Å²) >= 11 is 1.84. The first-order valence-electron chi connectivity index (χ1n) is 1.73. The van der Waals surface area contributed by atoms with E-state index < -0.39 is 16.5 Å². The summed E-state index contributed by atoms with van der Waals surface area (Å²) in [6.45, 7) is 0. The molecule has 0 aromatic rings. The lowest BCUT2D eigenvalue weighted by Gasteiger charge is -2.04. The third-order valence-corrected chi connectivity index (χ3v) is 1.22. The van der Waals surface area contributed by atoms with E-state index in [1.54, 1.807) is 0 Å². The summed E-state index contributed by atoms with van der Waals surface area (Å²) in [5.74, 6) is -4.15. The molecule has 0 aromatic heterocycles. The fourth-order valence-electron chi connectivity index (χ4n) is 0.0915. The zero-order valence-electron chi connectivity index (χ0n) is 3.97. The van der Waals surface area contributed by atoms with E-state index in [4.69, 9.17) is 10.2 Å². The van der Waals surface area contributed by atoms with Crippen LogP contribution < -0.4 is 0 Å². The Bertz CT molecular complexity index is 138. The molecule has 0 spiro atoms. The zero-order chi connectivity index (χ0) is 7.65. The van der Waals surface area contributed by atoms with Gasteiger partial charge < -0.3 is 10.2 Å². The highest BCUT2D eigenvalue weighted by molar-refractivity contribution is 9.10. The second-order valence-corrected chi connectivity index (χ2v) is 2.28. The number of aliphatic carboxylic acids is 2. The predicted octanol–water partition coefficient (Wildman–Crippen LogP) is 0.216. The Morgan fingerprint density at radius 2 is 1.56 bits per heavy atom. The van der Waals surface area contributed by atoms with Crippen molar-refractivity contribution in [2.45, 2.75) is 4.58 Å². The highest BCUT2D eigenvalue weighted by atomic mass is 79.9. The molecular formula is C3H2BrFO4. The molecule has 0 saturated carbocycles. The van der Waals surface area contributed by atoms with Gasteiger partial charge in [-0.25, -0.2) is 14.0 Å². The smallest absolute Gasteiger partial charge is 0.364 e. The van der Waals surface area contributed by atoms with E-state index >= 15 is 0 Å². The van der Waals surface area contributed by atoms with Crippen molar-refractivity contribution in [3.05, 3.63) is 0 Å². The van der Waals surface area contributed by atoms with Gasteiger partial charge in [0.15, 0.2) is 0 Å². The number of hydrogen-bond acceptors (Lipinski definition) is 2. The fourth-order valence-corrected chi connectivity index (χ4v) is 0.0915. The number of rotatable bonds is 2. The molecule has 6 heteroatoms. The summed E-state index contributed by atoms with van der Waals surface area (Å²) in [5, 5.41) is 15.6. The van der Waals surface area contributed by atoms with Crippen LogP contribution in [-0.2, 0) is 9.59 Å². The summed E-state index contributed by atoms with van der Waals surface area (Å²) in [4.78, 5) is 19.3. The molecule has 0 saturated heterocycles. The quantitative estimate of drug-likeness (QED) is 0.494. The Morgan fingerprint density at radius 1 is 1.33 bits per heavy atom. The highest BCUT2D eigenvalue weighted by Crippen LogP contribution is 2.19. The van der Waals surface area contributed by atoms with Gasteiger partial charge in [0, 0.05) is 0 Å². The van der Waals surface area contributed by atoms with Crippen LogP contribution in [0.25, 0.3) is 0 Å². The summed E-state index contributed by atoms with van der Waals surface area (Å²) < 4.78 is 8.70. The van der Waals surface area contributed by atoms with Crippen molar-refractivity contribution in [1.82, 2.24) is 0 Å². The average Bonchev–Trinajstić information content (AvgIpc) is 1.65. The molecule has 0 aliphatic heterocycles. The Labute approximate surface area is 57.4 Å². The largest absolute Gasteiger partial charge is 0.478 e. The molecule has 0 bridgehead atoms. The molecule has 0 aliphatic rings. The fraction of sp³-hybridized carbons (Fsp3) is 0.333. The Kier molecular flexibility index (Phi) is 2.13. The average molecular weight is 201 g/mol. The molecular weight excluding hydrogens is 199 g/mol. The van der Waals surface area contributed by atoms with E-state index in [-0.39, 0.29) is 0 Å². The monoisotopic (exact) mass is 200 g/mol. The van der Waals surface area contributed by atoms with E-state index in [1.807, 2.05) is 15.9 Å². The maximum atomic E-state index is 12.1. The molecule has 0 rings (SSSR count). The van der Waals surface area contributed by atoms with Crippen LogP contribution in [0.15, 0.2) is 0 Å². The number of carbonyl (C=O) groups is 2. The molecule has 0 unspecified atom stereocenters. The van der Waals surface area contributed by atoms with Gasteiger partial charge in [0.2, 0.25) is 0 Å². The first kappa shape index (κ1) is 8.35. The van der Waals surface area contributed by atoms with Crippen molar-refractivity contribution < 1.29 is 24.2 Å². The molecule has 52 valence electrons. The molecule has 0 heterocycles. The topological polar surface area (TPSA) is 74.6 Å². The van der Waals surface area contributed by atoms with Crippen molar-refractivity contribution in [3.8, 4) is 0 Å². The number of alkyl halides is 2. The molecule has 0 aromatic carbocycles. The van der Waals surface area contributed by atoms with Gasteiger partial charge in [0.1, 0.15) is 0 Å². The minimum Gasteiger partial charge on any atom is -0.478 e. The molecule has 0 atom stereocenters. The van der Waals surface area contributed by atoms with Crippen LogP contribution in [0.2, 0.25) is 0 Å². The van der Waals surface area contributed by atoms with Crippen LogP contribution in [0.5, 0.6) is 0 Å². The minimum absolute atomic E-state index is 1.84. The van der Waals surface area contributed by atoms with Gasteiger partial charge in [-0.15, -0.1) is 0 Å². The Morgan fingerprint density at radius 3 is 1.56 bits per heavy atom. The van der Waals surface area contributed by atoms with Crippen LogP contribution in [0.4, 0.5) is 4.39 Å². The van der Waals surface area contributed by atoms with Crippen molar-refractivity contribution in [3.63, 3.8) is 0 Å². The van der Waals surface area contributed by atoms with Gasteiger partial charge in [0.05, 0.1) is 0 Å². The summed E-state index contributed by atoms with van der Waals surface area (Å²) in [6, 6.07) is 0. The van der Waals surface area contributed by atoms with Gasteiger partial charge in [-0.3, -0.25) is 0 Å². The van der Waals surface area contributed by atoms with Gasteiger partial charge in [0.25, 0.3) is 0 Å². The third kappa shape index (κ3) is 1.63. The van der Waals surface area contributed by atoms with Gasteiger partial charge in [-0.2, -0.15) is 0 Å². The van der Waals surface area contributed by atoms with Crippen LogP contribution in [0.1, 0.15) is 0 Å². The molecule has 0 amide bonds. The zero-order valence-corrected chi connectivity index (χ0v) is 5.55.